The molecule has 90 valence electrons. The van der Waals surface area contributed by atoms with E-state index in [1.165, 1.54) is 16.5 Å². The SMILES string of the molecule is Cc1cc2cn[nH]c2cc1C1CNCCC1N. The van der Waals surface area contributed by atoms with Crippen LogP contribution in [0.15, 0.2) is 18.3 Å². The van der Waals surface area contributed by atoms with Crippen LogP contribution in [0.3, 0.4) is 0 Å². The molecule has 4 heteroatoms. The summed E-state index contributed by atoms with van der Waals surface area (Å²) in [5.41, 5.74) is 9.99. The largest absolute Gasteiger partial charge is 0.327 e. The third-order valence-electron chi connectivity index (χ3n) is 3.76. The van der Waals surface area contributed by atoms with Crippen molar-refractivity contribution in [3.8, 4) is 0 Å². The summed E-state index contributed by atoms with van der Waals surface area (Å²) < 4.78 is 0. The third kappa shape index (κ3) is 1.83. The topological polar surface area (TPSA) is 66.7 Å². The van der Waals surface area contributed by atoms with Crippen molar-refractivity contribution in [3.05, 3.63) is 29.5 Å². The van der Waals surface area contributed by atoms with Crippen molar-refractivity contribution in [1.29, 1.82) is 0 Å². The highest BCUT2D eigenvalue weighted by atomic mass is 15.1. The maximum absolute atomic E-state index is 6.23. The van der Waals surface area contributed by atoms with Gasteiger partial charge in [0.25, 0.3) is 0 Å². The Balaban J connectivity index is 2.05. The van der Waals surface area contributed by atoms with Crippen LogP contribution in [0.2, 0.25) is 0 Å². The second kappa shape index (κ2) is 4.13. The van der Waals surface area contributed by atoms with Gasteiger partial charge in [-0.3, -0.25) is 5.10 Å². The van der Waals surface area contributed by atoms with Crippen LogP contribution < -0.4 is 11.1 Å². The molecule has 0 aliphatic carbocycles. The van der Waals surface area contributed by atoms with Crippen molar-refractivity contribution < 1.29 is 0 Å². The van der Waals surface area contributed by atoms with Gasteiger partial charge in [-0.05, 0) is 43.1 Å². The minimum absolute atomic E-state index is 0.260. The molecule has 1 aromatic heterocycles. The fraction of sp³-hybridized carbons (Fsp3) is 0.462. The molecule has 0 spiro atoms. The van der Waals surface area contributed by atoms with E-state index >= 15 is 0 Å². The van der Waals surface area contributed by atoms with E-state index in [-0.39, 0.29) is 6.04 Å². The van der Waals surface area contributed by atoms with Crippen LogP contribution in [0, 0.1) is 6.92 Å². The monoisotopic (exact) mass is 230 g/mol. The van der Waals surface area contributed by atoms with E-state index in [0.717, 1.165) is 25.0 Å². The lowest BCUT2D eigenvalue weighted by Crippen LogP contribution is -2.43. The Kier molecular flexibility index (Phi) is 2.61. The van der Waals surface area contributed by atoms with Crippen LogP contribution >= 0.6 is 0 Å². The van der Waals surface area contributed by atoms with E-state index in [2.05, 4.69) is 34.6 Å². The molecule has 1 fully saturated rings. The van der Waals surface area contributed by atoms with Crippen molar-refractivity contribution in [2.45, 2.75) is 25.3 Å². The van der Waals surface area contributed by atoms with Gasteiger partial charge in [0.1, 0.15) is 0 Å². The van der Waals surface area contributed by atoms with Crippen LogP contribution in [0.25, 0.3) is 10.9 Å². The molecule has 1 saturated heterocycles. The Morgan fingerprint density at radius 2 is 2.29 bits per heavy atom. The summed E-state index contributed by atoms with van der Waals surface area (Å²) in [6.07, 6.45) is 2.91. The number of fused-ring (bicyclic) bond motifs is 1. The lowest BCUT2D eigenvalue weighted by molar-refractivity contribution is 0.402. The molecule has 0 bridgehead atoms. The fourth-order valence-corrected chi connectivity index (χ4v) is 2.74. The molecular weight excluding hydrogens is 212 g/mol. The lowest BCUT2D eigenvalue weighted by Gasteiger charge is -2.30. The van der Waals surface area contributed by atoms with Crippen molar-refractivity contribution in [1.82, 2.24) is 15.5 Å². The van der Waals surface area contributed by atoms with Gasteiger partial charge in [0, 0.05) is 23.9 Å². The predicted octanol–water partition coefficient (Wildman–Crippen LogP) is 1.28. The van der Waals surface area contributed by atoms with E-state index in [0.29, 0.717) is 5.92 Å². The molecule has 1 aromatic carbocycles. The summed E-state index contributed by atoms with van der Waals surface area (Å²) in [6, 6.07) is 4.65. The molecule has 0 radical (unpaired) electrons. The molecule has 3 rings (SSSR count). The Morgan fingerprint density at radius 1 is 1.41 bits per heavy atom. The van der Waals surface area contributed by atoms with Gasteiger partial charge in [0.15, 0.2) is 0 Å². The van der Waals surface area contributed by atoms with E-state index in [9.17, 15) is 0 Å². The zero-order valence-corrected chi connectivity index (χ0v) is 10.0. The van der Waals surface area contributed by atoms with Crippen LogP contribution in [0.1, 0.15) is 23.5 Å². The van der Waals surface area contributed by atoms with E-state index in [1.54, 1.807) is 0 Å². The molecule has 4 nitrogen and oxygen atoms in total. The maximum Gasteiger partial charge on any atom is 0.0653 e. The molecule has 2 atom stereocenters. The minimum atomic E-state index is 0.260. The molecule has 1 aliphatic rings. The second-order valence-corrected chi connectivity index (χ2v) is 4.93. The molecule has 4 N–H and O–H groups in total. The summed E-state index contributed by atoms with van der Waals surface area (Å²) in [6.45, 7) is 4.16. The van der Waals surface area contributed by atoms with E-state index in [1.807, 2.05) is 6.20 Å². The zero-order chi connectivity index (χ0) is 11.8. The van der Waals surface area contributed by atoms with Gasteiger partial charge in [-0.1, -0.05) is 0 Å². The average molecular weight is 230 g/mol. The second-order valence-electron chi connectivity index (χ2n) is 4.93. The first-order chi connectivity index (χ1) is 8.25. The highest BCUT2D eigenvalue weighted by molar-refractivity contribution is 5.79. The number of H-pyrrole nitrogens is 1. The molecule has 2 heterocycles. The first-order valence-corrected chi connectivity index (χ1v) is 6.15. The maximum atomic E-state index is 6.23. The molecule has 1 aliphatic heterocycles. The van der Waals surface area contributed by atoms with Gasteiger partial charge in [-0.15, -0.1) is 0 Å². The molecule has 0 saturated carbocycles. The average Bonchev–Trinajstić information content (AvgIpc) is 2.76. The predicted molar refractivity (Wildman–Crippen MR) is 69.0 cm³/mol. The number of nitrogens with one attached hydrogen (secondary N) is 2. The highest BCUT2D eigenvalue weighted by Gasteiger charge is 2.24. The van der Waals surface area contributed by atoms with E-state index in [4.69, 9.17) is 5.73 Å². The van der Waals surface area contributed by atoms with Crippen LogP contribution in [-0.2, 0) is 0 Å². The van der Waals surface area contributed by atoms with Gasteiger partial charge in [0.2, 0.25) is 0 Å². The fourth-order valence-electron chi connectivity index (χ4n) is 2.74. The summed E-state index contributed by atoms with van der Waals surface area (Å²) in [7, 11) is 0. The quantitative estimate of drug-likeness (QED) is 0.691. The summed E-state index contributed by atoms with van der Waals surface area (Å²) in [4.78, 5) is 0. The first kappa shape index (κ1) is 10.7. The summed E-state index contributed by atoms with van der Waals surface area (Å²) >= 11 is 0. The third-order valence-corrected chi connectivity index (χ3v) is 3.76. The van der Waals surface area contributed by atoms with Gasteiger partial charge in [-0.2, -0.15) is 5.10 Å². The van der Waals surface area contributed by atoms with Crippen molar-refractivity contribution >= 4 is 10.9 Å². The number of hydrogen-bond donors (Lipinski definition) is 3. The smallest absolute Gasteiger partial charge is 0.0653 e. The molecule has 2 unspecified atom stereocenters. The first-order valence-electron chi connectivity index (χ1n) is 6.15. The van der Waals surface area contributed by atoms with Crippen LogP contribution in [0.5, 0.6) is 0 Å². The zero-order valence-electron chi connectivity index (χ0n) is 10.0. The number of nitrogens with two attached hydrogens (primary N) is 1. The van der Waals surface area contributed by atoms with Gasteiger partial charge in [-0.25, -0.2) is 0 Å². The van der Waals surface area contributed by atoms with Crippen LogP contribution in [-0.4, -0.2) is 29.3 Å². The summed E-state index contributed by atoms with van der Waals surface area (Å²) in [5.74, 6) is 0.413. The normalized spacial score (nSPS) is 25.3. The Bertz CT molecular complexity index is 531. The number of benzene rings is 1. The standard InChI is InChI=1S/C13H18N4/c1-8-4-9-6-16-17-13(9)5-10(8)11-7-15-3-2-12(11)14/h4-6,11-12,15H,2-3,7,14H2,1H3,(H,16,17). The molecular formula is C13H18N4. The van der Waals surface area contributed by atoms with Crippen molar-refractivity contribution in [2.75, 3.05) is 13.1 Å². The molecule has 2 aromatic rings. The Hall–Kier alpha value is -1.39. The highest BCUT2D eigenvalue weighted by Crippen LogP contribution is 2.28. The Morgan fingerprint density at radius 3 is 3.12 bits per heavy atom. The molecule has 0 amide bonds. The lowest BCUT2D eigenvalue weighted by atomic mass is 9.85. The summed E-state index contributed by atoms with van der Waals surface area (Å²) in [5, 5.41) is 11.7. The number of hydrogen-bond acceptors (Lipinski definition) is 3. The number of rotatable bonds is 1. The van der Waals surface area contributed by atoms with Gasteiger partial charge < -0.3 is 11.1 Å². The van der Waals surface area contributed by atoms with Gasteiger partial charge >= 0.3 is 0 Å². The minimum Gasteiger partial charge on any atom is -0.327 e. The Labute approximate surface area is 101 Å². The number of aromatic amines is 1. The number of aromatic nitrogens is 2. The van der Waals surface area contributed by atoms with Crippen molar-refractivity contribution in [2.24, 2.45) is 5.73 Å². The number of piperidine rings is 1. The van der Waals surface area contributed by atoms with E-state index < -0.39 is 0 Å². The van der Waals surface area contributed by atoms with Crippen LogP contribution in [0.4, 0.5) is 0 Å². The van der Waals surface area contributed by atoms with Gasteiger partial charge in [0.05, 0.1) is 11.7 Å². The number of nitrogens with zero attached hydrogens (tertiary/aromatic N) is 1. The molecule has 17 heavy (non-hydrogen) atoms. The van der Waals surface area contributed by atoms with Crippen molar-refractivity contribution in [3.63, 3.8) is 0 Å². The number of aryl methyl sites for hydroxylation is 1.